The summed E-state index contributed by atoms with van der Waals surface area (Å²) in [5.41, 5.74) is -0.222. The number of nitrogens with zero attached hydrogens (tertiary/aromatic N) is 4. The van der Waals surface area contributed by atoms with Crippen molar-refractivity contribution >= 4 is 40.7 Å². The molecule has 3 aromatic carbocycles. The van der Waals surface area contributed by atoms with Crippen LogP contribution in [0.25, 0.3) is 0 Å². The van der Waals surface area contributed by atoms with Crippen LogP contribution < -0.4 is 20.0 Å². The number of carbonyl (C=O) groups is 3. The van der Waals surface area contributed by atoms with E-state index in [1.54, 1.807) is 49.4 Å². The van der Waals surface area contributed by atoms with Crippen LogP contribution in [0.3, 0.4) is 0 Å². The van der Waals surface area contributed by atoms with Gasteiger partial charge in [-0.3, -0.25) is 14.6 Å². The number of para-hydroxylation sites is 1. The predicted octanol–water partition coefficient (Wildman–Crippen LogP) is 6.26. The molecule has 11 heteroatoms. The molecule has 2 aliphatic heterocycles. The van der Waals surface area contributed by atoms with E-state index >= 15 is 0 Å². The third-order valence-corrected chi connectivity index (χ3v) is 7.25. The second-order valence-corrected chi connectivity index (χ2v) is 9.87. The highest BCUT2D eigenvalue weighted by Crippen LogP contribution is 2.43. The van der Waals surface area contributed by atoms with Gasteiger partial charge in [-0.25, -0.2) is 14.5 Å². The standard InChI is InChI=1S/C30H30F3N5O3/c1-2-36-25-14-13-22(30(31,32)33)20-26(25)37(23-10-4-3-5-11-23)29(41)38(28(36)40)24-12-8-9-21(19-24)27(39)34-15-18-35-16-6-7-17-35/h3-5,8-14,19-20H,2,6-7,15-18H2,1H3,(H,34,39). The number of rotatable bonds is 7. The second-order valence-electron chi connectivity index (χ2n) is 9.87. The number of carbonyl (C=O) groups excluding carboxylic acids is 3. The van der Waals surface area contributed by atoms with Crippen LogP contribution >= 0.6 is 0 Å². The molecule has 41 heavy (non-hydrogen) atoms. The normalized spacial score (nSPS) is 16.1. The van der Waals surface area contributed by atoms with Crippen molar-refractivity contribution in [3.63, 3.8) is 0 Å². The van der Waals surface area contributed by atoms with Gasteiger partial charge in [-0.1, -0.05) is 24.3 Å². The van der Waals surface area contributed by atoms with Crippen molar-refractivity contribution in [2.24, 2.45) is 0 Å². The van der Waals surface area contributed by atoms with Gasteiger partial charge in [0, 0.05) is 25.2 Å². The summed E-state index contributed by atoms with van der Waals surface area (Å²) in [5, 5.41) is 2.88. The van der Waals surface area contributed by atoms with Gasteiger partial charge >= 0.3 is 18.2 Å². The Kier molecular flexibility index (Phi) is 7.98. The molecule has 0 atom stereocenters. The first-order valence-corrected chi connectivity index (χ1v) is 13.5. The molecule has 0 saturated carbocycles. The van der Waals surface area contributed by atoms with E-state index in [4.69, 9.17) is 0 Å². The van der Waals surface area contributed by atoms with Crippen LogP contribution in [0.15, 0.2) is 72.8 Å². The lowest BCUT2D eigenvalue weighted by molar-refractivity contribution is -0.137. The van der Waals surface area contributed by atoms with E-state index in [0.717, 1.165) is 54.4 Å². The summed E-state index contributed by atoms with van der Waals surface area (Å²) in [5.74, 6) is -0.355. The number of hydrogen-bond donors (Lipinski definition) is 1. The number of urea groups is 2. The Labute approximate surface area is 235 Å². The minimum absolute atomic E-state index is 0.0791. The second kappa shape index (κ2) is 11.6. The smallest absolute Gasteiger partial charge is 0.351 e. The number of alkyl halides is 3. The van der Waals surface area contributed by atoms with Crippen LogP contribution in [0.4, 0.5) is 45.5 Å². The van der Waals surface area contributed by atoms with Crippen LogP contribution in [-0.4, -0.2) is 55.6 Å². The molecule has 8 nitrogen and oxygen atoms in total. The summed E-state index contributed by atoms with van der Waals surface area (Å²) in [6.07, 6.45) is -2.38. The van der Waals surface area contributed by atoms with Crippen LogP contribution in [-0.2, 0) is 6.18 Å². The summed E-state index contributed by atoms with van der Waals surface area (Å²) >= 11 is 0. The van der Waals surface area contributed by atoms with Crippen molar-refractivity contribution in [2.45, 2.75) is 25.9 Å². The summed E-state index contributed by atoms with van der Waals surface area (Å²) in [6.45, 7) is 4.94. The monoisotopic (exact) mass is 565 g/mol. The fourth-order valence-electron chi connectivity index (χ4n) is 5.19. The minimum Gasteiger partial charge on any atom is -0.351 e. The van der Waals surface area contributed by atoms with Gasteiger partial charge in [0.15, 0.2) is 0 Å². The van der Waals surface area contributed by atoms with Crippen LogP contribution in [0.1, 0.15) is 35.7 Å². The number of halogens is 3. The number of benzene rings is 3. The molecule has 0 radical (unpaired) electrons. The number of anilines is 4. The SMILES string of the molecule is CCN1C(=O)N(c2cccc(C(=O)NCCN3CCCC3)c2)C(=O)N(c2ccccc2)c2cc(C(F)(F)F)ccc21. The van der Waals surface area contributed by atoms with Gasteiger partial charge in [-0.2, -0.15) is 13.2 Å². The molecular weight excluding hydrogens is 535 g/mol. The van der Waals surface area contributed by atoms with Gasteiger partial charge in [0.1, 0.15) is 0 Å². The van der Waals surface area contributed by atoms with E-state index in [1.807, 2.05) is 0 Å². The van der Waals surface area contributed by atoms with Crippen LogP contribution in [0.2, 0.25) is 0 Å². The first-order valence-electron chi connectivity index (χ1n) is 13.5. The number of amides is 5. The highest BCUT2D eigenvalue weighted by Gasteiger charge is 2.41. The maximum atomic E-state index is 14.2. The Morgan fingerprint density at radius 3 is 2.22 bits per heavy atom. The van der Waals surface area contributed by atoms with Crippen molar-refractivity contribution in [2.75, 3.05) is 47.4 Å². The lowest BCUT2D eigenvalue weighted by Gasteiger charge is -2.27. The molecule has 0 aliphatic carbocycles. The van der Waals surface area contributed by atoms with E-state index in [-0.39, 0.29) is 40.8 Å². The van der Waals surface area contributed by atoms with Gasteiger partial charge in [-0.05, 0) is 81.4 Å². The number of hydrogen-bond acceptors (Lipinski definition) is 4. The summed E-state index contributed by atoms with van der Waals surface area (Å²) in [4.78, 5) is 46.5. The third kappa shape index (κ3) is 5.76. The van der Waals surface area contributed by atoms with Gasteiger partial charge in [0.25, 0.3) is 5.91 Å². The topological polar surface area (TPSA) is 76.2 Å². The lowest BCUT2D eigenvalue weighted by atomic mass is 10.1. The van der Waals surface area contributed by atoms with E-state index < -0.39 is 23.8 Å². The molecule has 0 spiro atoms. The highest BCUT2D eigenvalue weighted by molar-refractivity contribution is 6.28. The molecule has 1 N–H and O–H groups in total. The van der Waals surface area contributed by atoms with Gasteiger partial charge in [-0.15, -0.1) is 0 Å². The molecule has 1 saturated heterocycles. The Hall–Kier alpha value is -4.38. The summed E-state index contributed by atoms with van der Waals surface area (Å²) < 4.78 is 41.2. The van der Waals surface area contributed by atoms with Crippen LogP contribution in [0, 0.1) is 0 Å². The minimum atomic E-state index is -4.66. The van der Waals surface area contributed by atoms with E-state index in [0.29, 0.717) is 6.54 Å². The Balaban J connectivity index is 1.54. The molecule has 3 aromatic rings. The van der Waals surface area contributed by atoms with Crippen molar-refractivity contribution in [3.8, 4) is 0 Å². The maximum absolute atomic E-state index is 14.2. The molecule has 214 valence electrons. The Bertz CT molecular complexity index is 1440. The molecule has 0 aromatic heterocycles. The zero-order valence-corrected chi connectivity index (χ0v) is 22.5. The van der Waals surface area contributed by atoms with Crippen molar-refractivity contribution in [1.29, 1.82) is 0 Å². The quantitative estimate of drug-likeness (QED) is 0.367. The molecule has 1 fully saturated rings. The van der Waals surface area contributed by atoms with Crippen molar-refractivity contribution in [3.05, 3.63) is 83.9 Å². The molecule has 2 heterocycles. The molecule has 0 unspecified atom stereocenters. The predicted molar refractivity (Wildman–Crippen MR) is 151 cm³/mol. The average molecular weight is 566 g/mol. The van der Waals surface area contributed by atoms with E-state index in [2.05, 4.69) is 10.2 Å². The Morgan fingerprint density at radius 1 is 0.829 bits per heavy atom. The van der Waals surface area contributed by atoms with Gasteiger partial charge in [0.2, 0.25) is 0 Å². The molecule has 5 rings (SSSR count). The van der Waals surface area contributed by atoms with Gasteiger partial charge in [0.05, 0.1) is 28.3 Å². The molecule has 2 aliphatic rings. The first-order chi connectivity index (χ1) is 19.7. The van der Waals surface area contributed by atoms with Crippen molar-refractivity contribution in [1.82, 2.24) is 10.2 Å². The maximum Gasteiger partial charge on any atom is 0.416 e. The molecule has 0 bridgehead atoms. The lowest BCUT2D eigenvalue weighted by Crippen LogP contribution is -2.48. The summed E-state index contributed by atoms with van der Waals surface area (Å²) in [7, 11) is 0. The molecular formula is C30H30F3N5O3. The third-order valence-electron chi connectivity index (χ3n) is 7.25. The van der Waals surface area contributed by atoms with Gasteiger partial charge < -0.3 is 10.2 Å². The first kappa shape index (κ1) is 28.2. The average Bonchev–Trinajstić information content (AvgIpc) is 3.45. The van der Waals surface area contributed by atoms with E-state index in [1.165, 1.54) is 23.1 Å². The number of imide groups is 1. The largest absolute Gasteiger partial charge is 0.416 e. The number of nitrogens with one attached hydrogen (secondary N) is 1. The van der Waals surface area contributed by atoms with E-state index in [9.17, 15) is 27.6 Å². The summed E-state index contributed by atoms with van der Waals surface area (Å²) in [6, 6.07) is 15.6. The molecule has 5 amide bonds. The van der Waals surface area contributed by atoms with Crippen molar-refractivity contribution < 1.29 is 27.6 Å². The Morgan fingerprint density at radius 2 is 1.54 bits per heavy atom. The van der Waals surface area contributed by atoms with Crippen LogP contribution in [0.5, 0.6) is 0 Å². The number of fused-ring (bicyclic) bond motifs is 1. The number of likely N-dealkylation sites (tertiary alicyclic amines) is 1. The fraction of sp³-hybridized carbons (Fsp3) is 0.300. The fourth-order valence-corrected chi connectivity index (χ4v) is 5.19. The zero-order chi connectivity index (χ0) is 29.1. The highest BCUT2D eigenvalue weighted by atomic mass is 19.4. The zero-order valence-electron chi connectivity index (χ0n) is 22.5.